The van der Waals surface area contributed by atoms with E-state index in [9.17, 15) is 8.42 Å². The van der Waals surface area contributed by atoms with Gasteiger partial charge in [-0.25, -0.2) is 8.42 Å². The molecule has 0 N–H and O–H groups in total. The van der Waals surface area contributed by atoms with Crippen LogP contribution in [0.4, 0.5) is 34.1 Å². The maximum Gasteiger partial charge on any atom is 0.179 e. The van der Waals surface area contributed by atoms with Crippen molar-refractivity contribution in [1.82, 2.24) is 0 Å². The highest BCUT2D eigenvalue weighted by molar-refractivity contribution is 7.91. The standard InChI is InChI=1S/C56H50N2O2S4/c1-2-3-4-5-6-19-40-64(59,60)55-41-54(52-38-36-50(61-52)42-28-32-48(33-29-42)57(44-20-11-7-12-21-44)45-22-13-8-14-23-45)63-56(55)53-39-37-51(62-53)43-30-34-49(35-31-43)58(46-24-15-9-16-25-46)47-26-17-10-18-27-47/h7-18,20-39,41H,2-6,19,40H2,1H3. The quantitative estimate of drug-likeness (QED) is 0.0804. The van der Waals surface area contributed by atoms with E-state index < -0.39 is 9.84 Å². The number of hydrogen-bond donors (Lipinski definition) is 0. The smallest absolute Gasteiger partial charge is 0.179 e. The Kier molecular flexibility index (Phi) is 13.7. The molecule has 0 aliphatic heterocycles. The fraction of sp³-hybridized carbons (Fsp3) is 0.143. The molecule has 320 valence electrons. The summed E-state index contributed by atoms with van der Waals surface area (Å²) in [4.78, 5) is 11.1. The lowest BCUT2D eigenvalue weighted by Gasteiger charge is -2.25. The van der Waals surface area contributed by atoms with Crippen molar-refractivity contribution in [1.29, 1.82) is 0 Å². The number of benzene rings is 6. The summed E-state index contributed by atoms with van der Waals surface area (Å²) in [6.07, 6.45) is 6.19. The summed E-state index contributed by atoms with van der Waals surface area (Å²) < 4.78 is 28.6. The van der Waals surface area contributed by atoms with Crippen LogP contribution in [0.2, 0.25) is 0 Å². The van der Waals surface area contributed by atoms with E-state index in [1.165, 1.54) is 12.8 Å². The van der Waals surface area contributed by atoms with Crippen LogP contribution in [0.5, 0.6) is 0 Å². The van der Waals surface area contributed by atoms with Crippen LogP contribution >= 0.6 is 34.0 Å². The molecule has 64 heavy (non-hydrogen) atoms. The molecular formula is C56H50N2O2S4. The van der Waals surface area contributed by atoms with Crippen molar-refractivity contribution >= 4 is 78.0 Å². The van der Waals surface area contributed by atoms with Crippen LogP contribution in [0.15, 0.2) is 205 Å². The summed E-state index contributed by atoms with van der Waals surface area (Å²) in [5.41, 5.74) is 8.74. The summed E-state index contributed by atoms with van der Waals surface area (Å²) in [7, 11) is -3.53. The van der Waals surface area contributed by atoms with Crippen LogP contribution in [-0.4, -0.2) is 14.2 Å². The molecule has 0 aliphatic carbocycles. The van der Waals surface area contributed by atoms with Gasteiger partial charge < -0.3 is 9.80 Å². The molecule has 0 radical (unpaired) electrons. The molecular weight excluding hydrogens is 861 g/mol. The van der Waals surface area contributed by atoms with Gasteiger partial charge in [-0.2, -0.15) is 0 Å². The van der Waals surface area contributed by atoms with Crippen LogP contribution < -0.4 is 9.80 Å². The van der Waals surface area contributed by atoms with Gasteiger partial charge in [0.15, 0.2) is 9.84 Å². The monoisotopic (exact) mass is 910 g/mol. The summed E-state index contributed by atoms with van der Waals surface area (Å²) in [5.74, 6) is 0.159. The second-order valence-corrected chi connectivity index (χ2v) is 21.1. The molecule has 9 aromatic rings. The number of anilines is 6. The van der Waals surface area contributed by atoms with Crippen molar-refractivity contribution in [3.8, 4) is 40.4 Å². The zero-order valence-corrected chi connectivity index (χ0v) is 39.1. The van der Waals surface area contributed by atoms with Gasteiger partial charge in [0.05, 0.1) is 15.5 Å². The minimum absolute atomic E-state index is 0.159. The fourth-order valence-corrected chi connectivity index (χ4v) is 13.5. The summed E-state index contributed by atoms with van der Waals surface area (Å²) >= 11 is 4.95. The molecule has 0 bridgehead atoms. The number of nitrogens with zero attached hydrogens (tertiary/aromatic N) is 2. The van der Waals surface area contributed by atoms with Gasteiger partial charge in [0.1, 0.15) is 0 Å². The van der Waals surface area contributed by atoms with E-state index in [1.807, 2.05) is 30.3 Å². The van der Waals surface area contributed by atoms with Crippen molar-refractivity contribution in [3.63, 3.8) is 0 Å². The van der Waals surface area contributed by atoms with Crippen LogP contribution in [0.3, 0.4) is 0 Å². The topological polar surface area (TPSA) is 40.6 Å². The predicted molar refractivity (Wildman–Crippen MR) is 277 cm³/mol. The number of hydrogen-bond acceptors (Lipinski definition) is 7. The van der Waals surface area contributed by atoms with Crippen LogP contribution in [0, 0.1) is 0 Å². The Morgan fingerprint density at radius 3 is 1.20 bits per heavy atom. The first-order chi connectivity index (χ1) is 31.4. The molecule has 0 saturated heterocycles. The van der Waals surface area contributed by atoms with Gasteiger partial charge in [0.25, 0.3) is 0 Å². The van der Waals surface area contributed by atoms with Crippen molar-refractivity contribution < 1.29 is 8.42 Å². The number of sulfone groups is 1. The van der Waals surface area contributed by atoms with Crippen LogP contribution in [-0.2, 0) is 9.84 Å². The van der Waals surface area contributed by atoms with Gasteiger partial charge in [0, 0.05) is 58.5 Å². The second-order valence-electron chi connectivity index (χ2n) is 15.8. The van der Waals surface area contributed by atoms with E-state index in [2.05, 4.69) is 187 Å². The Hall–Kier alpha value is -6.03. The molecule has 3 heterocycles. The molecule has 6 aromatic carbocycles. The minimum atomic E-state index is -3.53. The first-order valence-corrected chi connectivity index (χ1v) is 26.1. The molecule has 0 amide bonds. The largest absolute Gasteiger partial charge is 0.311 e. The van der Waals surface area contributed by atoms with Crippen LogP contribution in [0.25, 0.3) is 40.4 Å². The molecule has 0 spiro atoms. The molecule has 3 aromatic heterocycles. The Balaban J connectivity index is 1.00. The van der Waals surface area contributed by atoms with E-state index in [0.29, 0.717) is 11.3 Å². The van der Waals surface area contributed by atoms with Gasteiger partial charge in [-0.1, -0.05) is 136 Å². The summed E-state index contributed by atoms with van der Waals surface area (Å²) in [6.45, 7) is 2.20. The molecule has 4 nitrogen and oxygen atoms in total. The third-order valence-corrected chi connectivity index (χ3v) is 17.1. The van der Waals surface area contributed by atoms with E-state index in [1.54, 1.807) is 34.0 Å². The SMILES string of the molecule is CCCCCCCCS(=O)(=O)c1cc(-c2ccc(-c3ccc(N(c4ccccc4)c4ccccc4)cc3)s2)sc1-c1ccc(-c2ccc(N(c3ccccc3)c3ccccc3)cc2)s1. The zero-order valence-electron chi connectivity index (χ0n) is 35.8. The van der Waals surface area contributed by atoms with Crippen molar-refractivity contribution in [2.75, 3.05) is 15.6 Å². The van der Waals surface area contributed by atoms with E-state index in [0.717, 1.165) is 93.8 Å². The molecule has 9 rings (SSSR count). The average Bonchev–Trinajstić information content (AvgIpc) is 4.14. The van der Waals surface area contributed by atoms with Gasteiger partial charge in [-0.05, 0) is 121 Å². The molecule has 0 saturated carbocycles. The summed E-state index contributed by atoms with van der Waals surface area (Å²) in [6, 6.07) is 69.6. The zero-order chi connectivity index (χ0) is 43.7. The van der Waals surface area contributed by atoms with E-state index in [-0.39, 0.29) is 5.75 Å². The van der Waals surface area contributed by atoms with Crippen molar-refractivity contribution in [2.45, 2.75) is 50.3 Å². The van der Waals surface area contributed by atoms with Gasteiger partial charge in [-0.15, -0.1) is 34.0 Å². The lowest BCUT2D eigenvalue weighted by molar-refractivity contribution is 0.584. The lowest BCUT2D eigenvalue weighted by Crippen LogP contribution is -2.09. The Morgan fingerprint density at radius 2 is 0.750 bits per heavy atom. The normalized spacial score (nSPS) is 11.5. The number of para-hydroxylation sites is 4. The third kappa shape index (κ3) is 9.86. The van der Waals surface area contributed by atoms with E-state index >= 15 is 0 Å². The second kappa shape index (κ2) is 20.2. The van der Waals surface area contributed by atoms with Gasteiger partial charge in [0.2, 0.25) is 0 Å². The Bertz CT molecular complexity index is 2900. The van der Waals surface area contributed by atoms with E-state index in [4.69, 9.17) is 0 Å². The third-order valence-electron chi connectivity index (χ3n) is 11.4. The van der Waals surface area contributed by atoms with Crippen LogP contribution in [0.1, 0.15) is 45.4 Å². The highest BCUT2D eigenvalue weighted by Crippen LogP contribution is 2.48. The first-order valence-electron chi connectivity index (χ1n) is 22.0. The lowest BCUT2D eigenvalue weighted by atomic mass is 10.1. The molecule has 0 atom stereocenters. The fourth-order valence-electron chi connectivity index (χ4n) is 8.07. The first kappa shape index (κ1) is 43.2. The Morgan fingerprint density at radius 1 is 0.375 bits per heavy atom. The molecule has 0 fully saturated rings. The van der Waals surface area contributed by atoms with Crippen molar-refractivity contribution in [2.24, 2.45) is 0 Å². The highest BCUT2D eigenvalue weighted by Gasteiger charge is 2.26. The van der Waals surface area contributed by atoms with Gasteiger partial charge in [-0.3, -0.25) is 0 Å². The number of unbranched alkanes of at least 4 members (excludes halogenated alkanes) is 5. The Labute approximate surface area is 390 Å². The minimum Gasteiger partial charge on any atom is -0.311 e. The maximum absolute atomic E-state index is 14.3. The number of rotatable bonds is 18. The molecule has 0 aliphatic rings. The maximum atomic E-state index is 14.3. The van der Waals surface area contributed by atoms with Crippen molar-refractivity contribution in [3.05, 3.63) is 200 Å². The predicted octanol–water partition coefficient (Wildman–Crippen LogP) is 17.6. The highest BCUT2D eigenvalue weighted by atomic mass is 32.2. The molecule has 0 unspecified atom stereocenters. The number of thiophene rings is 3. The summed E-state index contributed by atoms with van der Waals surface area (Å²) in [5, 5.41) is 0. The van der Waals surface area contributed by atoms with Gasteiger partial charge >= 0.3 is 0 Å². The average molecular weight is 911 g/mol. The molecule has 8 heteroatoms.